The monoisotopic (exact) mass is 531 g/mol. The van der Waals surface area contributed by atoms with Crippen molar-refractivity contribution in [2.45, 2.75) is 56.0 Å². The first kappa shape index (κ1) is 27.2. The summed E-state index contributed by atoms with van der Waals surface area (Å²) in [4.78, 5) is 38.6. The van der Waals surface area contributed by atoms with E-state index in [1.54, 1.807) is 19.1 Å². The number of ether oxygens (including phenoxy) is 2. The summed E-state index contributed by atoms with van der Waals surface area (Å²) in [6, 6.07) is 7.65. The zero-order chi connectivity index (χ0) is 27.4. The highest BCUT2D eigenvalue weighted by atomic mass is 19.2. The predicted octanol–water partition coefficient (Wildman–Crippen LogP) is 4.06. The van der Waals surface area contributed by atoms with Crippen LogP contribution in [-0.2, 0) is 15.0 Å². The van der Waals surface area contributed by atoms with E-state index >= 15 is 0 Å². The van der Waals surface area contributed by atoms with E-state index in [1.165, 1.54) is 6.07 Å². The molecule has 0 spiro atoms. The van der Waals surface area contributed by atoms with Crippen LogP contribution >= 0.6 is 0 Å². The number of benzene rings is 2. The van der Waals surface area contributed by atoms with Crippen molar-refractivity contribution in [1.82, 2.24) is 10.2 Å². The van der Waals surface area contributed by atoms with E-state index in [0.717, 1.165) is 17.7 Å². The van der Waals surface area contributed by atoms with Crippen LogP contribution in [0.1, 0.15) is 44.1 Å². The first-order valence-electron chi connectivity index (χ1n) is 12.4. The molecule has 0 aromatic heterocycles. The number of anilines is 1. The minimum atomic E-state index is -1.07. The van der Waals surface area contributed by atoms with Crippen LogP contribution in [0.3, 0.4) is 0 Å². The zero-order valence-electron chi connectivity index (χ0n) is 21.3. The van der Waals surface area contributed by atoms with Gasteiger partial charge in [-0.3, -0.25) is 9.59 Å². The Morgan fingerprint density at radius 1 is 1.03 bits per heavy atom. The van der Waals surface area contributed by atoms with Crippen LogP contribution in [0.2, 0.25) is 0 Å². The normalized spacial score (nSPS) is 22.4. The van der Waals surface area contributed by atoms with Crippen LogP contribution in [0, 0.1) is 11.6 Å². The molecule has 2 aliphatic rings. The molecule has 1 aliphatic heterocycles. The summed E-state index contributed by atoms with van der Waals surface area (Å²) in [5.74, 6) is -2.21. The fourth-order valence-corrected chi connectivity index (χ4v) is 5.74. The number of amides is 3. The third kappa shape index (κ3) is 5.51. The zero-order valence-corrected chi connectivity index (χ0v) is 21.3. The predicted molar refractivity (Wildman–Crippen MR) is 134 cm³/mol. The number of methoxy groups -OCH3 is 2. The molecule has 1 aliphatic carbocycles. The lowest BCUT2D eigenvalue weighted by Crippen LogP contribution is -2.54. The van der Waals surface area contributed by atoms with Gasteiger partial charge < -0.3 is 30.1 Å². The molecule has 38 heavy (non-hydrogen) atoms. The number of hydrogen-bond acceptors (Lipinski definition) is 5. The summed E-state index contributed by atoms with van der Waals surface area (Å²) in [5, 5.41) is 14.5. The number of carbonyl (C=O) groups excluding carboxylic acids is 2. The Labute approximate surface area is 219 Å². The van der Waals surface area contributed by atoms with Gasteiger partial charge in [-0.25, -0.2) is 13.6 Å². The van der Waals surface area contributed by atoms with Crippen LogP contribution in [0.5, 0.6) is 11.5 Å². The molecule has 1 saturated carbocycles. The quantitative estimate of drug-likeness (QED) is 0.473. The van der Waals surface area contributed by atoms with Crippen molar-refractivity contribution in [3.63, 3.8) is 0 Å². The highest BCUT2D eigenvalue weighted by Gasteiger charge is 2.53. The summed E-state index contributed by atoms with van der Waals surface area (Å²) in [6.07, 6.45) is 2.03. The van der Waals surface area contributed by atoms with Crippen molar-refractivity contribution in [3.8, 4) is 11.5 Å². The minimum absolute atomic E-state index is 0.109. The summed E-state index contributed by atoms with van der Waals surface area (Å²) in [7, 11) is 3.11. The van der Waals surface area contributed by atoms with Gasteiger partial charge in [0.1, 0.15) is 0 Å². The second-order valence-electron chi connectivity index (χ2n) is 9.67. The van der Waals surface area contributed by atoms with E-state index in [0.29, 0.717) is 43.7 Å². The molecular formula is C27H31F2N3O6. The number of nitrogens with one attached hydrogen (secondary N) is 2. The molecule has 204 valence electrons. The fourth-order valence-electron chi connectivity index (χ4n) is 5.74. The number of likely N-dealkylation sites (tertiary alicyclic amines) is 1. The SMILES string of the molecule is COc1ccc([C@@]23CC[C@@H](NC(=O)Nc4ccc(F)c(F)c4)C[C@@H]2N(C(=O)CCC(=O)O)CC3)cc1OC. The lowest BCUT2D eigenvalue weighted by atomic mass is 9.65. The van der Waals surface area contributed by atoms with Crippen molar-refractivity contribution in [2.75, 3.05) is 26.1 Å². The maximum atomic E-state index is 13.5. The Morgan fingerprint density at radius 3 is 2.47 bits per heavy atom. The molecule has 4 rings (SSSR count). The number of hydrogen-bond donors (Lipinski definition) is 3. The molecule has 0 radical (unpaired) electrons. The first-order chi connectivity index (χ1) is 18.2. The van der Waals surface area contributed by atoms with Gasteiger partial charge in [-0.1, -0.05) is 6.07 Å². The Morgan fingerprint density at radius 2 is 1.79 bits per heavy atom. The molecule has 0 unspecified atom stereocenters. The van der Waals surface area contributed by atoms with Gasteiger partial charge >= 0.3 is 12.0 Å². The number of halogens is 2. The van der Waals surface area contributed by atoms with Gasteiger partial charge in [0.15, 0.2) is 23.1 Å². The van der Waals surface area contributed by atoms with Gasteiger partial charge in [-0.05, 0) is 55.5 Å². The Balaban J connectivity index is 1.56. The van der Waals surface area contributed by atoms with Crippen molar-refractivity contribution < 1.29 is 37.7 Å². The molecule has 3 atom stereocenters. The Hall–Kier alpha value is -3.89. The number of carboxylic acid groups (broad SMARTS) is 1. The fraction of sp³-hybridized carbons (Fsp3) is 0.444. The first-order valence-corrected chi connectivity index (χ1v) is 12.4. The van der Waals surface area contributed by atoms with Gasteiger partial charge in [0.25, 0.3) is 0 Å². The van der Waals surface area contributed by atoms with Crippen LogP contribution < -0.4 is 20.1 Å². The maximum absolute atomic E-state index is 13.5. The number of carboxylic acids is 1. The van der Waals surface area contributed by atoms with E-state index in [2.05, 4.69) is 10.6 Å². The van der Waals surface area contributed by atoms with Crippen molar-refractivity contribution in [3.05, 3.63) is 53.6 Å². The Kier molecular flexibility index (Phi) is 8.03. The number of rotatable bonds is 8. The molecule has 2 fully saturated rings. The molecule has 3 amide bonds. The van der Waals surface area contributed by atoms with Crippen LogP contribution in [0.15, 0.2) is 36.4 Å². The second-order valence-corrected chi connectivity index (χ2v) is 9.67. The van der Waals surface area contributed by atoms with Gasteiger partial charge in [0, 0.05) is 42.2 Å². The number of nitrogens with zero attached hydrogens (tertiary/aromatic N) is 1. The number of aliphatic carboxylic acids is 1. The van der Waals surface area contributed by atoms with E-state index in [4.69, 9.17) is 14.6 Å². The third-order valence-corrected chi connectivity index (χ3v) is 7.60. The molecule has 1 saturated heterocycles. The molecule has 2 aromatic rings. The molecule has 1 heterocycles. The third-order valence-electron chi connectivity index (χ3n) is 7.60. The smallest absolute Gasteiger partial charge is 0.319 e. The highest BCUT2D eigenvalue weighted by molar-refractivity contribution is 5.89. The number of carbonyl (C=O) groups is 3. The maximum Gasteiger partial charge on any atom is 0.319 e. The molecule has 3 N–H and O–H groups in total. The Bertz CT molecular complexity index is 1230. The topological polar surface area (TPSA) is 117 Å². The van der Waals surface area contributed by atoms with E-state index in [9.17, 15) is 23.2 Å². The van der Waals surface area contributed by atoms with Gasteiger partial charge in [-0.15, -0.1) is 0 Å². The van der Waals surface area contributed by atoms with E-state index in [-0.39, 0.29) is 36.5 Å². The average molecular weight is 532 g/mol. The average Bonchev–Trinajstić information content (AvgIpc) is 3.29. The standard InChI is InChI=1S/C27H31F2N3O6/c1-37-21-6-3-16(13-22(21)38-2)27-10-9-18(31-26(36)30-17-4-5-19(28)20(29)14-17)15-23(27)32(12-11-27)24(33)7-8-25(34)35/h3-6,13-14,18,23H,7-12,15H2,1-2H3,(H,34,35)(H2,30,31,36)/t18-,23+,27+/m1/s1. The van der Waals surface area contributed by atoms with E-state index in [1.807, 2.05) is 18.2 Å². The molecule has 9 nitrogen and oxygen atoms in total. The van der Waals surface area contributed by atoms with Crippen molar-refractivity contribution in [2.24, 2.45) is 0 Å². The highest BCUT2D eigenvalue weighted by Crippen LogP contribution is 2.50. The minimum Gasteiger partial charge on any atom is -0.493 e. The van der Waals surface area contributed by atoms with Crippen LogP contribution in [-0.4, -0.2) is 60.8 Å². The largest absolute Gasteiger partial charge is 0.493 e. The van der Waals surface area contributed by atoms with Gasteiger partial charge in [0.05, 0.1) is 20.6 Å². The van der Waals surface area contributed by atoms with Crippen LogP contribution in [0.25, 0.3) is 0 Å². The molecular weight excluding hydrogens is 500 g/mol. The van der Waals surface area contributed by atoms with Gasteiger partial charge in [-0.2, -0.15) is 0 Å². The second kappa shape index (κ2) is 11.2. The van der Waals surface area contributed by atoms with E-state index < -0.39 is 29.0 Å². The molecule has 11 heteroatoms. The van der Waals surface area contributed by atoms with Crippen molar-refractivity contribution >= 4 is 23.6 Å². The summed E-state index contributed by atoms with van der Waals surface area (Å²) in [6.45, 7) is 0.464. The van der Waals surface area contributed by atoms with Crippen LogP contribution in [0.4, 0.5) is 19.3 Å². The number of urea groups is 1. The van der Waals surface area contributed by atoms with Crippen molar-refractivity contribution in [1.29, 1.82) is 0 Å². The lowest BCUT2D eigenvalue weighted by Gasteiger charge is -2.45. The lowest BCUT2D eigenvalue weighted by molar-refractivity contribution is -0.141. The molecule has 2 aromatic carbocycles. The molecule has 0 bridgehead atoms. The summed E-state index contributed by atoms with van der Waals surface area (Å²) >= 11 is 0. The number of fused-ring (bicyclic) bond motifs is 1. The van der Waals surface area contributed by atoms with Gasteiger partial charge in [0.2, 0.25) is 5.91 Å². The summed E-state index contributed by atoms with van der Waals surface area (Å²) in [5.41, 5.74) is 0.689. The summed E-state index contributed by atoms with van der Waals surface area (Å²) < 4.78 is 37.6.